The summed E-state index contributed by atoms with van der Waals surface area (Å²) in [7, 11) is 0. The van der Waals surface area contributed by atoms with Gasteiger partial charge in [-0.3, -0.25) is 0 Å². The van der Waals surface area contributed by atoms with Crippen LogP contribution in [0.2, 0.25) is 5.02 Å². The summed E-state index contributed by atoms with van der Waals surface area (Å²) < 4.78 is 0. The Kier molecular flexibility index (Phi) is 3.29. The monoisotopic (exact) mass is 287 g/mol. The lowest BCUT2D eigenvalue weighted by Crippen LogP contribution is -2.27. The highest BCUT2D eigenvalue weighted by atomic mass is 35.5. The van der Waals surface area contributed by atoms with Crippen LogP contribution in [0.5, 0.6) is 0 Å². The van der Waals surface area contributed by atoms with Crippen LogP contribution < -0.4 is 4.90 Å². The lowest BCUT2D eigenvalue weighted by atomic mass is 10.1. The topological polar surface area (TPSA) is 3.24 Å². The SMILES string of the molecule is Cc1ccc(C(=S)N2CCc3cc(Cl)ccc32)cc1. The van der Waals surface area contributed by atoms with Crippen LogP contribution in [-0.2, 0) is 6.42 Å². The van der Waals surface area contributed by atoms with E-state index in [1.807, 2.05) is 12.1 Å². The van der Waals surface area contributed by atoms with E-state index in [2.05, 4.69) is 42.2 Å². The zero-order valence-electron chi connectivity index (χ0n) is 10.7. The molecule has 0 aliphatic carbocycles. The molecule has 0 radical (unpaired) electrons. The van der Waals surface area contributed by atoms with Crippen LogP contribution in [0.4, 0.5) is 5.69 Å². The maximum absolute atomic E-state index is 6.03. The molecule has 0 saturated heterocycles. The van der Waals surface area contributed by atoms with E-state index in [0.717, 1.165) is 28.5 Å². The predicted molar refractivity (Wildman–Crippen MR) is 85.4 cm³/mol. The van der Waals surface area contributed by atoms with Crippen LogP contribution in [0.3, 0.4) is 0 Å². The summed E-state index contributed by atoms with van der Waals surface area (Å²) >= 11 is 11.7. The molecule has 1 aliphatic rings. The normalized spacial score (nSPS) is 13.5. The van der Waals surface area contributed by atoms with Crippen molar-refractivity contribution >= 4 is 34.5 Å². The van der Waals surface area contributed by atoms with E-state index in [9.17, 15) is 0 Å². The molecule has 1 nitrogen and oxygen atoms in total. The number of fused-ring (bicyclic) bond motifs is 1. The largest absolute Gasteiger partial charge is 0.332 e. The average molecular weight is 288 g/mol. The number of anilines is 1. The number of hydrogen-bond donors (Lipinski definition) is 0. The fraction of sp³-hybridized carbons (Fsp3) is 0.188. The molecule has 19 heavy (non-hydrogen) atoms. The Balaban J connectivity index is 1.93. The predicted octanol–water partition coefficient (Wildman–Crippen LogP) is 4.39. The number of halogens is 1. The third-order valence-electron chi connectivity index (χ3n) is 3.48. The number of nitrogens with zero attached hydrogens (tertiary/aromatic N) is 1. The van der Waals surface area contributed by atoms with Crippen molar-refractivity contribution in [2.45, 2.75) is 13.3 Å². The number of thiocarbonyl (C=S) groups is 1. The summed E-state index contributed by atoms with van der Waals surface area (Å²) in [6.45, 7) is 3.02. The van der Waals surface area contributed by atoms with Crippen LogP contribution in [0.1, 0.15) is 16.7 Å². The highest BCUT2D eigenvalue weighted by Crippen LogP contribution is 2.31. The van der Waals surface area contributed by atoms with Gasteiger partial charge in [0.1, 0.15) is 4.99 Å². The molecule has 0 aromatic heterocycles. The van der Waals surface area contributed by atoms with E-state index in [0.29, 0.717) is 0 Å². The summed E-state index contributed by atoms with van der Waals surface area (Å²) in [5.41, 5.74) is 4.82. The maximum Gasteiger partial charge on any atom is 0.113 e. The Hall–Kier alpha value is -1.38. The van der Waals surface area contributed by atoms with E-state index in [-0.39, 0.29) is 0 Å². The van der Waals surface area contributed by atoms with Crippen LogP contribution >= 0.6 is 23.8 Å². The van der Waals surface area contributed by atoms with Crippen LogP contribution in [-0.4, -0.2) is 11.5 Å². The fourth-order valence-electron chi connectivity index (χ4n) is 2.43. The first-order chi connectivity index (χ1) is 9.15. The highest BCUT2D eigenvalue weighted by Gasteiger charge is 2.22. The molecule has 2 aromatic carbocycles. The molecule has 0 atom stereocenters. The molecule has 0 bridgehead atoms. The molecular formula is C16H14ClNS. The lowest BCUT2D eigenvalue weighted by Gasteiger charge is -2.20. The van der Waals surface area contributed by atoms with Gasteiger partial charge in [0.05, 0.1) is 0 Å². The summed E-state index contributed by atoms with van der Waals surface area (Å²) in [6.07, 6.45) is 1.00. The first-order valence-corrected chi connectivity index (χ1v) is 7.11. The van der Waals surface area contributed by atoms with Crippen molar-refractivity contribution < 1.29 is 0 Å². The summed E-state index contributed by atoms with van der Waals surface area (Å²) in [4.78, 5) is 3.09. The molecule has 0 fully saturated rings. The van der Waals surface area contributed by atoms with Gasteiger partial charge in [-0.2, -0.15) is 0 Å². The van der Waals surface area contributed by atoms with Crippen molar-refractivity contribution in [2.24, 2.45) is 0 Å². The van der Waals surface area contributed by atoms with Crippen molar-refractivity contribution in [1.29, 1.82) is 0 Å². The molecule has 1 aliphatic heterocycles. The van der Waals surface area contributed by atoms with Gasteiger partial charge in [0, 0.05) is 22.8 Å². The van der Waals surface area contributed by atoms with Gasteiger partial charge in [-0.15, -0.1) is 0 Å². The molecule has 0 saturated carbocycles. The van der Waals surface area contributed by atoms with Gasteiger partial charge in [-0.25, -0.2) is 0 Å². The van der Waals surface area contributed by atoms with Gasteiger partial charge >= 0.3 is 0 Å². The quantitative estimate of drug-likeness (QED) is 0.716. The van der Waals surface area contributed by atoms with E-state index >= 15 is 0 Å². The minimum absolute atomic E-state index is 0.793. The number of aryl methyl sites for hydroxylation is 1. The summed E-state index contributed by atoms with van der Waals surface area (Å²) in [6, 6.07) is 14.4. The Bertz CT molecular complexity index is 634. The smallest absolute Gasteiger partial charge is 0.113 e. The molecule has 1 heterocycles. The molecule has 0 unspecified atom stereocenters. The van der Waals surface area contributed by atoms with E-state index in [4.69, 9.17) is 23.8 Å². The van der Waals surface area contributed by atoms with Crippen molar-refractivity contribution in [2.75, 3.05) is 11.4 Å². The van der Waals surface area contributed by atoms with Crippen molar-refractivity contribution in [1.82, 2.24) is 0 Å². The van der Waals surface area contributed by atoms with Gasteiger partial charge in [-0.1, -0.05) is 53.6 Å². The van der Waals surface area contributed by atoms with Gasteiger partial charge in [0.25, 0.3) is 0 Å². The molecule has 3 heteroatoms. The van der Waals surface area contributed by atoms with Crippen LogP contribution in [0.25, 0.3) is 0 Å². The summed E-state index contributed by atoms with van der Waals surface area (Å²) in [5.74, 6) is 0. The van der Waals surface area contributed by atoms with Crippen LogP contribution in [0.15, 0.2) is 42.5 Å². The number of benzene rings is 2. The maximum atomic E-state index is 6.03. The van der Waals surface area contributed by atoms with Gasteiger partial charge in [0.15, 0.2) is 0 Å². The van der Waals surface area contributed by atoms with E-state index < -0.39 is 0 Å². The van der Waals surface area contributed by atoms with Crippen molar-refractivity contribution in [3.05, 3.63) is 64.2 Å². The molecule has 2 aromatic rings. The third-order valence-corrected chi connectivity index (χ3v) is 4.17. The second-order valence-electron chi connectivity index (χ2n) is 4.85. The van der Waals surface area contributed by atoms with E-state index in [1.165, 1.54) is 16.8 Å². The molecule has 0 spiro atoms. The average Bonchev–Trinajstić information content (AvgIpc) is 2.81. The Morgan fingerprint density at radius 1 is 1.16 bits per heavy atom. The molecule has 0 N–H and O–H groups in total. The summed E-state index contributed by atoms with van der Waals surface area (Å²) in [5, 5.41) is 0.793. The van der Waals surface area contributed by atoms with E-state index in [1.54, 1.807) is 0 Å². The van der Waals surface area contributed by atoms with Gasteiger partial charge in [-0.05, 0) is 37.1 Å². The Morgan fingerprint density at radius 2 is 1.89 bits per heavy atom. The Labute approximate surface area is 123 Å². The second-order valence-corrected chi connectivity index (χ2v) is 5.67. The molecule has 3 rings (SSSR count). The molecule has 0 amide bonds. The number of rotatable bonds is 1. The fourth-order valence-corrected chi connectivity index (χ4v) is 2.95. The molecule has 96 valence electrons. The number of hydrogen-bond acceptors (Lipinski definition) is 1. The standard InChI is InChI=1S/C16H14ClNS/c1-11-2-4-12(5-3-11)16(19)18-9-8-13-10-14(17)6-7-15(13)18/h2-7,10H,8-9H2,1H3. The van der Waals surface area contributed by atoms with Crippen LogP contribution in [0, 0.1) is 6.92 Å². The van der Waals surface area contributed by atoms with Crippen molar-refractivity contribution in [3.8, 4) is 0 Å². The van der Waals surface area contributed by atoms with Gasteiger partial charge < -0.3 is 4.90 Å². The highest BCUT2D eigenvalue weighted by molar-refractivity contribution is 7.81. The zero-order valence-corrected chi connectivity index (χ0v) is 12.3. The first kappa shape index (κ1) is 12.6. The van der Waals surface area contributed by atoms with Crippen molar-refractivity contribution in [3.63, 3.8) is 0 Å². The zero-order chi connectivity index (χ0) is 13.4. The minimum Gasteiger partial charge on any atom is -0.332 e. The minimum atomic E-state index is 0.793. The Morgan fingerprint density at radius 3 is 2.63 bits per heavy atom. The second kappa shape index (κ2) is 4.95. The third kappa shape index (κ3) is 2.38. The van der Waals surface area contributed by atoms with Gasteiger partial charge in [0.2, 0.25) is 0 Å². The first-order valence-electron chi connectivity index (χ1n) is 6.32. The lowest BCUT2D eigenvalue weighted by molar-refractivity contribution is 1.03. The molecular weight excluding hydrogens is 274 g/mol.